The summed E-state index contributed by atoms with van der Waals surface area (Å²) in [5.74, 6) is -0.524. The molecule has 0 spiro atoms. The molecule has 7 heteroatoms. The lowest BCUT2D eigenvalue weighted by atomic mass is 10.0. The molecule has 0 unspecified atom stereocenters. The number of amides is 1. The molecule has 4 atom stereocenters. The number of hydrogen-bond acceptors (Lipinski definition) is 6. The maximum absolute atomic E-state index is 10.7. The van der Waals surface area contributed by atoms with Gasteiger partial charge in [0.2, 0.25) is 5.91 Å². The number of methoxy groups -OCH3 is 1. The molecule has 0 fully saturated rings. The summed E-state index contributed by atoms with van der Waals surface area (Å²) in [5, 5.41) is 30.4. The van der Waals surface area contributed by atoms with Crippen molar-refractivity contribution in [2.45, 2.75) is 31.3 Å². The molecular weight excluding hydrogens is 218 g/mol. The van der Waals surface area contributed by atoms with Gasteiger partial charge in [0.1, 0.15) is 30.6 Å². The quantitative estimate of drug-likeness (QED) is 0.360. The molecule has 1 amide bonds. The number of aldehydes is 1. The zero-order valence-electron chi connectivity index (χ0n) is 9.16. The van der Waals surface area contributed by atoms with E-state index in [0.29, 0.717) is 0 Å². The molecule has 0 saturated carbocycles. The van der Waals surface area contributed by atoms with Gasteiger partial charge >= 0.3 is 0 Å². The van der Waals surface area contributed by atoms with E-state index >= 15 is 0 Å². The molecule has 0 aromatic rings. The lowest BCUT2D eigenvalue weighted by molar-refractivity contribution is -0.130. The van der Waals surface area contributed by atoms with Gasteiger partial charge in [0.15, 0.2) is 0 Å². The van der Waals surface area contributed by atoms with E-state index in [2.05, 4.69) is 10.1 Å². The number of ether oxygens (including phenoxy) is 1. The number of hydrogen-bond donors (Lipinski definition) is 4. The highest BCUT2D eigenvalue weighted by Gasteiger charge is 2.31. The van der Waals surface area contributed by atoms with Gasteiger partial charge in [0.05, 0.1) is 6.61 Å². The summed E-state index contributed by atoms with van der Waals surface area (Å²) < 4.78 is 4.57. The molecule has 0 bridgehead atoms. The molecule has 16 heavy (non-hydrogen) atoms. The van der Waals surface area contributed by atoms with Crippen LogP contribution in [0.3, 0.4) is 0 Å². The Bertz CT molecular complexity index is 234. The molecule has 7 nitrogen and oxygen atoms in total. The molecule has 0 saturated heterocycles. The molecule has 0 aromatic heterocycles. The Labute approximate surface area is 93.0 Å². The number of aliphatic hydroxyl groups is 3. The van der Waals surface area contributed by atoms with E-state index in [0.717, 1.165) is 0 Å². The maximum Gasteiger partial charge on any atom is 0.217 e. The second kappa shape index (κ2) is 7.29. The van der Waals surface area contributed by atoms with Crippen molar-refractivity contribution in [3.63, 3.8) is 0 Å². The summed E-state index contributed by atoms with van der Waals surface area (Å²) in [4.78, 5) is 21.3. The van der Waals surface area contributed by atoms with Crippen molar-refractivity contribution >= 4 is 12.2 Å². The maximum atomic E-state index is 10.7. The first-order chi connectivity index (χ1) is 7.43. The predicted molar refractivity (Wildman–Crippen MR) is 53.6 cm³/mol. The van der Waals surface area contributed by atoms with Crippen molar-refractivity contribution in [1.82, 2.24) is 5.32 Å². The minimum absolute atomic E-state index is 0.191. The minimum Gasteiger partial charge on any atom is -0.388 e. The number of nitrogens with one attached hydrogen (secondary N) is 1. The fourth-order valence-electron chi connectivity index (χ4n) is 1.14. The van der Waals surface area contributed by atoms with Crippen LogP contribution in [0.15, 0.2) is 0 Å². The van der Waals surface area contributed by atoms with E-state index in [-0.39, 0.29) is 12.9 Å². The van der Waals surface area contributed by atoms with Crippen LogP contribution < -0.4 is 5.32 Å². The van der Waals surface area contributed by atoms with Gasteiger partial charge in [-0.25, -0.2) is 0 Å². The Morgan fingerprint density at radius 2 is 1.94 bits per heavy atom. The normalized spacial score (nSPS) is 18.3. The Kier molecular flexibility index (Phi) is 6.82. The zero-order chi connectivity index (χ0) is 12.7. The topological polar surface area (TPSA) is 116 Å². The van der Waals surface area contributed by atoms with Gasteiger partial charge in [-0.1, -0.05) is 0 Å². The summed E-state index contributed by atoms with van der Waals surface area (Å²) in [6, 6.07) is -1.26. The van der Waals surface area contributed by atoms with Gasteiger partial charge in [-0.3, -0.25) is 4.79 Å². The van der Waals surface area contributed by atoms with Crippen molar-refractivity contribution < 1.29 is 29.6 Å². The van der Waals surface area contributed by atoms with E-state index in [1.165, 1.54) is 14.0 Å². The second-order valence-corrected chi connectivity index (χ2v) is 3.37. The van der Waals surface area contributed by atoms with Crippen LogP contribution in [-0.2, 0) is 14.3 Å². The standard InChI is InChI=1S/C9H17NO6/c1-5(12)10-6(3-11)8(14)9(15)7(13)4-16-2/h3,6-9,13-15H,4H2,1-2H3,(H,10,12)/t6-,7-,8-,9-/m1/s1. The molecule has 0 aromatic carbocycles. The Hall–Kier alpha value is -1.02. The molecule has 4 N–H and O–H groups in total. The smallest absolute Gasteiger partial charge is 0.217 e. The summed E-state index contributed by atoms with van der Waals surface area (Å²) >= 11 is 0. The van der Waals surface area contributed by atoms with Crippen LogP contribution in [0.25, 0.3) is 0 Å². The highest BCUT2D eigenvalue weighted by molar-refractivity contribution is 5.77. The van der Waals surface area contributed by atoms with Crippen molar-refractivity contribution in [3.05, 3.63) is 0 Å². The monoisotopic (exact) mass is 235 g/mol. The average Bonchev–Trinajstić information content (AvgIpc) is 2.23. The van der Waals surface area contributed by atoms with Crippen molar-refractivity contribution in [2.24, 2.45) is 0 Å². The van der Waals surface area contributed by atoms with Crippen molar-refractivity contribution in [2.75, 3.05) is 13.7 Å². The summed E-state index contributed by atoms with van der Waals surface area (Å²) in [6.45, 7) is 0.977. The second-order valence-electron chi connectivity index (χ2n) is 3.37. The Balaban J connectivity index is 4.42. The zero-order valence-corrected chi connectivity index (χ0v) is 9.16. The third-order valence-electron chi connectivity index (χ3n) is 1.97. The fraction of sp³-hybridized carbons (Fsp3) is 0.778. The predicted octanol–water partition coefficient (Wildman–Crippen LogP) is -2.58. The van der Waals surface area contributed by atoms with Crippen LogP contribution in [0.2, 0.25) is 0 Å². The lowest BCUT2D eigenvalue weighted by Gasteiger charge is -2.26. The summed E-state index contributed by atoms with van der Waals surface area (Å²) in [6.07, 6.45) is -4.22. The number of carbonyl (C=O) groups excluding carboxylic acids is 2. The van der Waals surface area contributed by atoms with E-state index in [1.807, 2.05) is 0 Å². The highest BCUT2D eigenvalue weighted by Crippen LogP contribution is 2.04. The van der Waals surface area contributed by atoms with E-state index in [1.54, 1.807) is 0 Å². The van der Waals surface area contributed by atoms with Gasteiger partial charge in [-0.2, -0.15) is 0 Å². The van der Waals surface area contributed by atoms with Crippen LogP contribution >= 0.6 is 0 Å². The van der Waals surface area contributed by atoms with Crippen LogP contribution in [0.5, 0.6) is 0 Å². The molecule has 0 rings (SSSR count). The first-order valence-electron chi connectivity index (χ1n) is 4.69. The number of carbonyl (C=O) groups is 2. The van der Waals surface area contributed by atoms with Gasteiger partial charge in [-0.15, -0.1) is 0 Å². The number of aliphatic hydroxyl groups excluding tert-OH is 3. The van der Waals surface area contributed by atoms with E-state index < -0.39 is 30.3 Å². The van der Waals surface area contributed by atoms with Gasteiger partial charge < -0.3 is 30.2 Å². The fourth-order valence-corrected chi connectivity index (χ4v) is 1.14. The van der Waals surface area contributed by atoms with Crippen molar-refractivity contribution in [3.8, 4) is 0 Å². The molecule has 0 aliphatic rings. The van der Waals surface area contributed by atoms with Crippen LogP contribution in [0.4, 0.5) is 0 Å². The molecule has 0 heterocycles. The van der Waals surface area contributed by atoms with Crippen LogP contribution in [-0.4, -0.2) is 65.6 Å². The van der Waals surface area contributed by atoms with Crippen LogP contribution in [0, 0.1) is 0 Å². The third kappa shape index (κ3) is 4.67. The first-order valence-corrected chi connectivity index (χ1v) is 4.69. The SMILES string of the molecule is COC[C@@H](O)[C@@H](O)[C@H](O)[C@@H](C=O)NC(C)=O. The Morgan fingerprint density at radius 3 is 2.31 bits per heavy atom. The molecular formula is C9H17NO6. The largest absolute Gasteiger partial charge is 0.388 e. The Morgan fingerprint density at radius 1 is 1.38 bits per heavy atom. The molecule has 94 valence electrons. The molecule has 0 aliphatic carbocycles. The minimum atomic E-state index is -1.59. The van der Waals surface area contributed by atoms with Gasteiger partial charge in [-0.05, 0) is 0 Å². The number of rotatable bonds is 7. The molecule has 0 aliphatic heterocycles. The van der Waals surface area contributed by atoms with Gasteiger partial charge in [0, 0.05) is 14.0 Å². The summed E-state index contributed by atoms with van der Waals surface area (Å²) in [5.41, 5.74) is 0. The lowest BCUT2D eigenvalue weighted by Crippen LogP contribution is -2.53. The third-order valence-corrected chi connectivity index (χ3v) is 1.97. The first kappa shape index (κ1) is 15.0. The summed E-state index contributed by atoms with van der Waals surface area (Å²) in [7, 11) is 1.31. The van der Waals surface area contributed by atoms with Crippen molar-refractivity contribution in [1.29, 1.82) is 0 Å². The van der Waals surface area contributed by atoms with Gasteiger partial charge in [0.25, 0.3) is 0 Å². The molecule has 0 radical (unpaired) electrons. The van der Waals surface area contributed by atoms with E-state index in [9.17, 15) is 24.9 Å². The highest BCUT2D eigenvalue weighted by atomic mass is 16.5. The van der Waals surface area contributed by atoms with Crippen LogP contribution in [0.1, 0.15) is 6.92 Å². The van der Waals surface area contributed by atoms with E-state index in [4.69, 9.17) is 0 Å². The average molecular weight is 235 g/mol.